The molecule has 1 aliphatic heterocycles. The molecule has 4 nitrogen and oxygen atoms in total. The third kappa shape index (κ3) is 2.52. The Hall–Kier alpha value is -1.00. The van der Waals surface area contributed by atoms with Crippen LogP contribution in [0.2, 0.25) is 0 Å². The van der Waals surface area contributed by atoms with Crippen LogP contribution in [-0.4, -0.2) is 46.7 Å². The van der Waals surface area contributed by atoms with Crippen LogP contribution in [0.1, 0.15) is 23.7 Å². The molecule has 1 atom stereocenters. The molecular formula is C11H17N3O. The number of hydrogen-bond acceptors (Lipinski definition) is 4. The van der Waals surface area contributed by atoms with Gasteiger partial charge in [0.05, 0.1) is 0 Å². The van der Waals surface area contributed by atoms with Gasteiger partial charge >= 0.3 is 0 Å². The predicted octanol–water partition coefficient (Wildman–Crippen LogP) is 0.430. The van der Waals surface area contributed by atoms with Gasteiger partial charge in [0.1, 0.15) is 6.33 Å². The van der Waals surface area contributed by atoms with Crippen LogP contribution in [0.4, 0.5) is 0 Å². The van der Waals surface area contributed by atoms with Crippen molar-refractivity contribution in [3.63, 3.8) is 0 Å². The van der Waals surface area contributed by atoms with Crippen molar-refractivity contribution in [2.45, 2.75) is 18.8 Å². The molecule has 2 rings (SSSR count). The molecule has 15 heavy (non-hydrogen) atoms. The standard InChI is InChI=1S/C11H17N3O/c1-14-4-2-9(7-14)11-6-10(3-5-15)12-8-13-11/h6,8-9,15H,2-5,7H2,1H3/t9-/m1/s1. The number of rotatable bonds is 3. The van der Waals surface area contributed by atoms with E-state index in [0.717, 1.165) is 24.5 Å². The van der Waals surface area contributed by atoms with E-state index < -0.39 is 0 Å². The van der Waals surface area contributed by atoms with E-state index in [2.05, 4.69) is 21.9 Å². The molecule has 1 saturated heterocycles. The van der Waals surface area contributed by atoms with Gasteiger partial charge in [-0.2, -0.15) is 0 Å². The highest BCUT2D eigenvalue weighted by Crippen LogP contribution is 2.24. The fourth-order valence-corrected chi connectivity index (χ4v) is 2.07. The van der Waals surface area contributed by atoms with Gasteiger partial charge < -0.3 is 10.0 Å². The lowest BCUT2D eigenvalue weighted by atomic mass is 10.0. The van der Waals surface area contributed by atoms with Gasteiger partial charge in [-0.05, 0) is 26.1 Å². The normalized spacial score (nSPS) is 22.1. The minimum atomic E-state index is 0.154. The maximum absolute atomic E-state index is 8.85. The maximum atomic E-state index is 8.85. The Balaban J connectivity index is 2.10. The highest BCUT2D eigenvalue weighted by atomic mass is 16.3. The minimum Gasteiger partial charge on any atom is -0.396 e. The van der Waals surface area contributed by atoms with Crippen molar-refractivity contribution in [3.05, 3.63) is 23.8 Å². The first kappa shape index (κ1) is 10.5. The van der Waals surface area contributed by atoms with Crippen LogP contribution in [0.25, 0.3) is 0 Å². The fraction of sp³-hybridized carbons (Fsp3) is 0.636. The van der Waals surface area contributed by atoms with Crippen LogP contribution in [-0.2, 0) is 6.42 Å². The van der Waals surface area contributed by atoms with E-state index >= 15 is 0 Å². The van der Waals surface area contributed by atoms with Crippen LogP contribution >= 0.6 is 0 Å². The van der Waals surface area contributed by atoms with Crippen molar-refractivity contribution in [2.24, 2.45) is 0 Å². The zero-order valence-corrected chi connectivity index (χ0v) is 9.06. The lowest BCUT2D eigenvalue weighted by Gasteiger charge is -2.10. The van der Waals surface area contributed by atoms with Crippen molar-refractivity contribution in [1.82, 2.24) is 14.9 Å². The van der Waals surface area contributed by atoms with E-state index in [1.165, 1.54) is 6.42 Å². The Kier molecular flexibility index (Phi) is 3.28. The quantitative estimate of drug-likeness (QED) is 0.781. The second-order valence-electron chi connectivity index (χ2n) is 4.16. The Labute approximate surface area is 90.0 Å². The summed E-state index contributed by atoms with van der Waals surface area (Å²) in [6.45, 7) is 2.38. The fourth-order valence-electron chi connectivity index (χ4n) is 2.07. The zero-order valence-electron chi connectivity index (χ0n) is 9.06. The first-order valence-corrected chi connectivity index (χ1v) is 5.40. The summed E-state index contributed by atoms with van der Waals surface area (Å²) in [6.07, 6.45) is 3.41. The Morgan fingerprint density at radius 1 is 1.53 bits per heavy atom. The number of nitrogens with zero attached hydrogens (tertiary/aromatic N) is 3. The van der Waals surface area contributed by atoms with E-state index in [9.17, 15) is 0 Å². The van der Waals surface area contributed by atoms with Gasteiger partial charge in [-0.3, -0.25) is 0 Å². The van der Waals surface area contributed by atoms with Gasteiger partial charge in [0.2, 0.25) is 0 Å². The Bertz CT molecular complexity index is 329. The molecule has 1 fully saturated rings. The SMILES string of the molecule is CN1CC[C@@H](c2cc(CCO)ncn2)C1. The number of likely N-dealkylation sites (N-methyl/N-ethyl adjacent to an activating group) is 1. The van der Waals surface area contributed by atoms with Gasteiger partial charge in [-0.15, -0.1) is 0 Å². The molecule has 0 bridgehead atoms. The Morgan fingerprint density at radius 2 is 2.40 bits per heavy atom. The van der Waals surface area contributed by atoms with Crippen LogP contribution < -0.4 is 0 Å². The van der Waals surface area contributed by atoms with Crippen LogP contribution in [0.3, 0.4) is 0 Å². The van der Waals surface area contributed by atoms with Gasteiger partial charge in [0.25, 0.3) is 0 Å². The average Bonchev–Trinajstić information content (AvgIpc) is 2.66. The summed E-state index contributed by atoms with van der Waals surface area (Å²) in [5, 5.41) is 8.85. The minimum absolute atomic E-state index is 0.154. The first-order chi connectivity index (χ1) is 7.29. The third-order valence-corrected chi connectivity index (χ3v) is 2.92. The number of aliphatic hydroxyl groups is 1. The molecule has 0 spiro atoms. The summed E-state index contributed by atoms with van der Waals surface area (Å²) in [7, 11) is 2.13. The summed E-state index contributed by atoms with van der Waals surface area (Å²) in [5.74, 6) is 0.537. The molecule has 82 valence electrons. The molecule has 2 heterocycles. The molecule has 4 heteroatoms. The molecule has 1 aromatic heterocycles. The summed E-state index contributed by atoms with van der Waals surface area (Å²) in [5.41, 5.74) is 2.06. The highest BCUT2D eigenvalue weighted by Gasteiger charge is 2.22. The van der Waals surface area contributed by atoms with Crippen molar-refractivity contribution in [3.8, 4) is 0 Å². The predicted molar refractivity (Wildman–Crippen MR) is 57.7 cm³/mol. The third-order valence-electron chi connectivity index (χ3n) is 2.92. The number of aromatic nitrogens is 2. The Morgan fingerprint density at radius 3 is 3.07 bits per heavy atom. The van der Waals surface area contributed by atoms with Gasteiger partial charge in [-0.1, -0.05) is 0 Å². The molecule has 1 aliphatic rings. The topological polar surface area (TPSA) is 49.2 Å². The second kappa shape index (κ2) is 4.68. The number of likely N-dealkylation sites (tertiary alicyclic amines) is 1. The number of aliphatic hydroxyl groups excluding tert-OH is 1. The summed E-state index contributed by atoms with van der Waals surface area (Å²) >= 11 is 0. The first-order valence-electron chi connectivity index (χ1n) is 5.40. The van der Waals surface area contributed by atoms with Gasteiger partial charge in [0.15, 0.2) is 0 Å². The average molecular weight is 207 g/mol. The summed E-state index contributed by atoms with van der Waals surface area (Å²) in [4.78, 5) is 10.8. The van der Waals surface area contributed by atoms with Crippen molar-refractivity contribution in [2.75, 3.05) is 26.7 Å². The molecule has 0 aliphatic carbocycles. The molecular weight excluding hydrogens is 190 g/mol. The second-order valence-corrected chi connectivity index (χ2v) is 4.16. The molecule has 1 aromatic rings. The number of hydrogen-bond donors (Lipinski definition) is 1. The van der Waals surface area contributed by atoms with Crippen LogP contribution in [0, 0.1) is 0 Å². The zero-order chi connectivity index (χ0) is 10.7. The van der Waals surface area contributed by atoms with Crippen molar-refractivity contribution in [1.29, 1.82) is 0 Å². The molecule has 1 N–H and O–H groups in total. The summed E-state index contributed by atoms with van der Waals surface area (Å²) < 4.78 is 0. The molecule has 0 saturated carbocycles. The van der Waals surface area contributed by atoms with E-state index in [1.54, 1.807) is 6.33 Å². The van der Waals surface area contributed by atoms with E-state index in [-0.39, 0.29) is 6.61 Å². The van der Waals surface area contributed by atoms with Crippen LogP contribution in [0.15, 0.2) is 12.4 Å². The largest absolute Gasteiger partial charge is 0.396 e. The van der Waals surface area contributed by atoms with E-state index in [0.29, 0.717) is 12.3 Å². The van der Waals surface area contributed by atoms with Crippen LogP contribution in [0.5, 0.6) is 0 Å². The van der Waals surface area contributed by atoms with Crippen molar-refractivity contribution >= 4 is 0 Å². The van der Waals surface area contributed by atoms with E-state index in [1.807, 2.05) is 6.07 Å². The highest BCUT2D eigenvalue weighted by molar-refractivity contribution is 5.14. The van der Waals surface area contributed by atoms with E-state index in [4.69, 9.17) is 5.11 Å². The maximum Gasteiger partial charge on any atom is 0.115 e. The molecule has 0 aromatic carbocycles. The van der Waals surface area contributed by atoms with Gasteiger partial charge in [0, 0.05) is 36.9 Å². The van der Waals surface area contributed by atoms with Crippen molar-refractivity contribution < 1.29 is 5.11 Å². The molecule has 0 unspecified atom stereocenters. The lowest BCUT2D eigenvalue weighted by molar-refractivity contribution is 0.298. The lowest BCUT2D eigenvalue weighted by Crippen LogP contribution is -2.14. The monoisotopic (exact) mass is 207 g/mol. The molecule has 0 amide bonds. The van der Waals surface area contributed by atoms with Gasteiger partial charge in [-0.25, -0.2) is 9.97 Å². The summed E-state index contributed by atoms with van der Waals surface area (Å²) in [6, 6.07) is 2.03. The smallest absolute Gasteiger partial charge is 0.115 e. The molecule has 0 radical (unpaired) electrons.